The van der Waals surface area contributed by atoms with Crippen molar-refractivity contribution >= 4 is 34.8 Å². The molecule has 6 nitrogen and oxygen atoms in total. The van der Waals surface area contributed by atoms with Crippen LogP contribution in [0.25, 0.3) is 10.6 Å². The number of hydrogen-bond donors (Lipinski definition) is 3. The van der Waals surface area contributed by atoms with Crippen LogP contribution in [0.5, 0.6) is 5.88 Å². The highest BCUT2D eigenvalue weighted by atomic mass is 35.5. The van der Waals surface area contributed by atoms with Gasteiger partial charge in [-0.25, -0.2) is 4.98 Å². The average molecular weight is 312 g/mol. The fourth-order valence-corrected chi connectivity index (χ4v) is 2.36. The van der Waals surface area contributed by atoms with E-state index in [4.69, 9.17) is 11.6 Å². The Morgan fingerprint density at radius 1 is 1.25 bits per heavy atom. The summed E-state index contributed by atoms with van der Waals surface area (Å²) in [6.07, 6.45) is 0. The Hall–Kier alpha value is -2.12. The fraction of sp³-hybridized carbons (Fsp3) is 0.0833. The topological polar surface area (TPSA) is 91.3 Å². The molecule has 2 aromatic rings. The highest BCUT2D eigenvalue weighted by Gasteiger charge is 2.18. The number of aromatic hydroxyl groups is 1. The van der Waals surface area contributed by atoms with E-state index in [1.54, 1.807) is 24.3 Å². The van der Waals surface area contributed by atoms with Gasteiger partial charge in [0, 0.05) is 17.5 Å². The third-order valence-corrected chi connectivity index (χ3v) is 3.60. The molecule has 0 bridgehead atoms. The average Bonchev–Trinajstić information content (AvgIpc) is 2.79. The summed E-state index contributed by atoms with van der Waals surface area (Å²) in [6, 6.07) is 6.84. The van der Waals surface area contributed by atoms with Crippen LogP contribution in [-0.4, -0.2) is 21.9 Å². The molecule has 0 atom stereocenters. The lowest BCUT2D eigenvalue weighted by molar-refractivity contribution is -0.119. The molecule has 1 aromatic heterocycles. The number of carbonyl (C=O) groups excluding carboxylic acids is 2. The van der Waals surface area contributed by atoms with Gasteiger partial charge in [0.15, 0.2) is 4.88 Å². The van der Waals surface area contributed by atoms with Gasteiger partial charge in [0.25, 0.3) is 5.91 Å². The van der Waals surface area contributed by atoms with Gasteiger partial charge in [-0.2, -0.15) is 0 Å². The quantitative estimate of drug-likeness (QED) is 0.739. The van der Waals surface area contributed by atoms with E-state index < -0.39 is 11.8 Å². The van der Waals surface area contributed by atoms with Gasteiger partial charge in [0.2, 0.25) is 11.8 Å². The van der Waals surface area contributed by atoms with Crippen LogP contribution in [-0.2, 0) is 4.79 Å². The number of benzene rings is 1. The van der Waals surface area contributed by atoms with Crippen LogP contribution in [0.4, 0.5) is 0 Å². The molecule has 0 aliphatic rings. The van der Waals surface area contributed by atoms with Crippen LogP contribution in [0, 0.1) is 0 Å². The fourth-order valence-electron chi connectivity index (χ4n) is 1.38. The summed E-state index contributed by atoms with van der Waals surface area (Å²) in [6.45, 7) is 1.26. The molecule has 0 saturated heterocycles. The van der Waals surface area contributed by atoms with Gasteiger partial charge in [-0.1, -0.05) is 23.7 Å². The van der Waals surface area contributed by atoms with E-state index in [-0.39, 0.29) is 10.8 Å². The van der Waals surface area contributed by atoms with Gasteiger partial charge >= 0.3 is 0 Å². The second-order valence-corrected chi connectivity index (χ2v) is 5.25. The van der Waals surface area contributed by atoms with E-state index in [1.807, 2.05) is 0 Å². The molecule has 0 unspecified atom stereocenters. The monoisotopic (exact) mass is 311 g/mol. The summed E-state index contributed by atoms with van der Waals surface area (Å²) in [5, 5.41) is 10.7. The third kappa shape index (κ3) is 3.25. The Bertz CT molecular complexity index is 654. The largest absolute Gasteiger partial charge is 0.492 e. The number of aromatic nitrogens is 1. The predicted molar refractivity (Wildman–Crippen MR) is 75.5 cm³/mol. The Morgan fingerprint density at radius 2 is 1.90 bits per heavy atom. The number of nitrogens with one attached hydrogen (secondary N) is 2. The van der Waals surface area contributed by atoms with Crippen molar-refractivity contribution in [2.45, 2.75) is 6.92 Å². The molecule has 2 rings (SSSR count). The number of halogens is 1. The van der Waals surface area contributed by atoms with Crippen molar-refractivity contribution in [1.29, 1.82) is 0 Å². The lowest BCUT2D eigenvalue weighted by atomic mass is 10.2. The first-order valence-corrected chi connectivity index (χ1v) is 6.69. The van der Waals surface area contributed by atoms with Gasteiger partial charge in [-0.05, 0) is 12.1 Å². The lowest BCUT2D eigenvalue weighted by Crippen LogP contribution is -2.39. The molecule has 3 N–H and O–H groups in total. The summed E-state index contributed by atoms with van der Waals surface area (Å²) < 4.78 is 0. The van der Waals surface area contributed by atoms with E-state index in [2.05, 4.69) is 15.8 Å². The Kier molecular flexibility index (Phi) is 4.21. The number of amides is 2. The minimum absolute atomic E-state index is 0.0173. The smallest absolute Gasteiger partial charge is 0.285 e. The number of carbonyl (C=O) groups is 2. The molecule has 0 spiro atoms. The molecule has 2 amide bonds. The van der Waals surface area contributed by atoms with Crippen molar-refractivity contribution in [2.24, 2.45) is 0 Å². The van der Waals surface area contributed by atoms with Crippen molar-refractivity contribution in [3.63, 3.8) is 0 Å². The first-order valence-electron chi connectivity index (χ1n) is 5.50. The number of hydrogen-bond acceptors (Lipinski definition) is 5. The summed E-state index contributed by atoms with van der Waals surface area (Å²) in [7, 11) is 0. The highest BCUT2D eigenvalue weighted by Crippen LogP contribution is 2.32. The number of nitrogens with zero attached hydrogens (tertiary/aromatic N) is 1. The van der Waals surface area contributed by atoms with Crippen molar-refractivity contribution < 1.29 is 14.7 Å². The minimum atomic E-state index is -0.629. The molecule has 1 heterocycles. The Balaban J connectivity index is 2.23. The highest BCUT2D eigenvalue weighted by molar-refractivity contribution is 7.17. The standard InChI is InChI=1S/C12H10ClN3O3S/c1-6(17)15-16-11(19)9-10(18)14-12(20-9)7-2-4-8(13)5-3-7/h2-5,18H,1H3,(H,15,17)(H,16,19). The van der Waals surface area contributed by atoms with Crippen LogP contribution in [0.1, 0.15) is 16.6 Å². The Labute approximate surface area is 123 Å². The van der Waals surface area contributed by atoms with Gasteiger partial charge in [0.05, 0.1) is 0 Å². The zero-order valence-corrected chi connectivity index (χ0v) is 11.9. The Morgan fingerprint density at radius 3 is 2.50 bits per heavy atom. The molecule has 8 heteroatoms. The van der Waals surface area contributed by atoms with E-state index in [0.29, 0.717) is 10.0 Å². The van der Waals surface area contributed by atoms with Crippen molar-refractivity contribution in [2.75, 3.05) is 0 Å². The van der Waals surface area contributed by atoms with E-state index in [0.717, 1.165) is 16.9 Å². The lowest BCUT2D eigenvalue weighted by Gasteiger charge is -2.02. The van der Waals surface area contributed by atoms with Crippen molar-refractivity contribution in [3.05, 3.63) is 34.2 Å². The maximum absolute atomic E-state index is 11.7. The maximum atomic E-state index is 11.7. The zero-order valence-electron chi connectivity index (χ0n) is 10.3. The van der Waals surface area contributed by atoms with E-state index in [9.17, 15) is 14.7 Å². The molecule has 0 saturated carbocycles. The van der Waals surface area contributed by atoms with E-state index >= 15 is 0 Å². The normalized spacial score (nSPS) is 10.1. The van der Waals surface area contributed by atoms with Crippen molar-refractivity contribution in [3.8, 4) is 16.5 Å². The molecule has 1 aromatic carbocycles. The van der Waals surface area contributed by atoms with Crippen LogP contribution in [0.3, 0.4) is 0 Å². The second-order valence-electron chi connectivity index (χ2n) is 3.81. The third-order valence-electron chi connectivity index (χ3n) is 2.26. The molecule has 0 aliphatic heterocycles. The minimum Gasteiger partial charge on any atom is -0.492 e. The number of rotatable bonds is 2. The zero-order chi connectivity index (χ0) is 14.7. The van der Waals surface area contributed by atoms with Gasteiger partial charge in [0.1, 0.15) is 5.01 Å². The molecule has 0 radical (unpaired) electrons. The van der Waals surface area contributed by atoms with Gasteiger partial charge < -0.3 is 5.11 Å². The van der Waals surface area contributed by atoms with Gasteiger partial charge in [-0.3, -0.25) is 20.4 Å². The second kappa shape index (κ2) is 5.89. The molecule has 104 valence electrons. The van der Waals surface area contributed by atoms with E-state index in [1.165, 1.54) is 6.92 Å². The molecular weight excluding hydrogens is 302 g/mol. The van der Waals surface area contributed by atoms with Crippen LogP contribution >= 0.6 is 22.9 Å². The number of hydrazine groups is 1. The van der Waals surface area contributed by atoms with Crippen LogP contribution < -0.4 is 10.9 Å². The molecular formula is C12H10ClN3O3S. The van der Waals surface area contributed by atoms with Gasteiger partial charge in [-0.15, -0.1) is 11.3 Å². The van der Waals surface area contributed by atoms with Crippen LogP contribution in [0.2, 0.25) is 5.02 Å². The molecule has 0 aliphatic carbocycles. The van der Waals surface area contributed by atoms with Crippen LogP contribution in [0.15, 0.2) is 24.3 Å². The summed E-state index contributed by atoms with van der Waals surface area (Å²) in [4.78, 5) is 26.4. The maximum Gasteiger partial charge on any atom is 0.285 e. The summed E-state index contributed by atoms with van der Waals surface area (Å²) in [5.41, 5.74) is 5.03. The number of thiazole rings is 1. The van der Waals surface area contributed by atoms with Crippen molar-refractivity contribution in [1.82, 2.24) is 15.8 Å². The first kappa shape index (κ1) is 14.3. The predicted octanol–water partition coefficient (Wildman–Crippen LogP) is 1.95. The molecule has 0 fully saturated rings. The summed E-state index contributed by atoms with van der Waals surface area (Å²) >= 11 is 6.80. The SMILES string of the molecule is CC(=O)NNC(=O)c1sc(-c2ccc(Cl)cc2)nc1O. The summed E-state index contributed by atoms with van der Waals surface area (Å²) in [5.74, 6) is -1.43. The molecule has 20 heavy (non-hydrogen) atoms. The first-order chi connectivity index (χ1) is 9.47.